The van der Waals surface area contributed by atoms with E-state index in [0.717, 1.165) is 112 Å². The van der Waals surface area contributed by atoms with Gasteiger partial charge in [0.25, 0.3) is 0 Å². The van der Waals surface area contributed by atoms with Crippen LogP contribution in [-0.2, 0) is 0 Å². The van der Waals surface area contributed by atoms with Crippen molar-refractivity contribution in [3.63, 3.8) is 0 Å². The minimum Gasteiger partial charge on any atom is -0.310 e. The molecule has 12 rings (SSSR count). The zero-order valence-electron chi connectivity index (χ0n) is 38.1. The standard InChI is InChI=1S/C64H44N6/c1-3-11-45(12-4-1)46-18-26-57(27-19-46)70(58-30-22-49(23-31-58)59-17-7-8-36-66-59)63-44-54(48-34-39-65-40-35-48)43-62(64(63)53-25-33-61-52(42-53)14-10-38-68-61)69(55-15-5-2-6-16-55)56-28-20-47(21-29-56)50-24-32-60-51(41-50)13-9-37-67-60/h1-44H. The number of rotatable bonds is 11. The first kappa shape index (κ1) is 41.9. The predicted octanol–water partition coefficient (Wildman–Crippen LogP) is 16.8. The number of hydrogen-bond acceptors (Lipinski definition) is 6. The van der Waals surface area contributed by atoms with Crippen LogP contribution in [0.1, 0.15) is 0 Å². The van der Waals surface area contributed by atoms with Crippen LogP contribution >= 0.6 is 0 Å². The molecule has 70 heavy (non-hydrogen) atoms. The van der Waals surface area contributed by atoms with Gasteiger partial charge in [0.1, 0.15) is 0 Å². The Morgan fingerprint density at radius 1 is 0.257 bits per heavy atom. The topological polar surface area (TPSA) is 58.0 Å². The first-order valence-electron chi connectivity index (χ1n) is 23.4. The number of hydrogen-bond donors (Lipinski definition) is 0. The maximum Gasteiger partial charge on any atom is 0.0702 e. The summed E-state index contributed by atoms with van der Waals surface area (Å²) in [7, 11) is 0. The number of fused-ring (bicyclic) bond motifs is 2. The first-order valence-corrected chi connectivity index (χ1v) is 23.4. The largest absolute Gasteiger partial charge is 0.310 e. The molecule has 0 saturated heterocycles. The lowest BCUT2D eigenvalue weighted by atomic mass is 9.92. The Morgan fingerprint density at radius 3 is 1.27 bits per heavy atom. The van der Waals surface area contributed by atoms with Crippen molar-refractivity contribution in [2.45, 2.75) is 0 Å². The quantitative estimate of drug-likeness (QED) is 0.129. The average Bonchev–Trinajstić information content (AvgIpc) is 3.44. The Morgan fingerprint density at radius 2 is 0.700 bits per heavy atom. The highest BCUT2D eigenvalue weighted by molar-refractivity contribution is 6.03. The molecule has 4 heterocycles. The van der Waals surface area contributed by atoms with E-state index in [1.807, 2.05) is 55.2 Å². The van der Waals surface area contributed by atoms with Crippen molar-refractivity contribution in [3.05, 3.63) is 268 Å². The van der Waals surface area contributed by atoms with Gasteiger partial charge >= 0.3 is 0 Å². The minimum atomic E-state index is 0.919. The lowest BCUT2D eigenvalue weighted by Gasteiger charge is -2.34. The van der Waals surface area contributed by atoms with Crippen LogP contribution in [0.5, 0.6) is 0 Å². The highest BCUT2D eigenvalue weighted by Gasteiger charge is 2.27. The van der Waals surface area contributed by atoms with Gasteiger partial charge in [0.05, 0.1) is 28.1 Å². The molecule has 0 amide bonds. The van der Waals surface area contributed by atoms with Crippen molar-refractivity contribution in [3.8, 4) is 55.8 Å². The van der Waals surface area contributed by atoms with Crippen LogP contribution < -0.4 is 9.80 Å². The molecule has 0 saturated carbocycles. The van der Waals surface area contributed by atoms with E-state index in [2.05, 4.69) is 232 Å². The Hall–Kier alpha value is -9.52. The molecular weight excluding hydrogens is 853 g/mol. The Kier molecular flexibility index (Phi) is 11.1. The predicted molar refractivity (Wildman–Crippen MR) is 289 cm³/mol. The Balaban J connectivity index is 1.13. The summed E-state index contributed by atoms with van der Waals surface area (Å²) in [5.41, 5.74) is 18.6. The SMILES string of the molecule is c1ccc(-c2ccc(N(c3ccc(-c4ccccn4)cc3)c3cc(-c4ccncc4)cc(N(c4ccccc4)c4ccc(-c5ccc6ncccc6c5)cc4)c3-c3ccc4ncccc4c3)cc2)cc1. The van der Waals surface area contributed by atoms with Gasteiger partial charge in [0.15, 0.2) is 0 Å². The summed E-state index contributed by atoms with van der Waals surface area (Å²) in [6.45, 7) is 0. The fraction of sp³-hybridized carbons (Fsp3) is 0. The number of nitrogens with zero attached hydrogens (tertiary/aromatic N) is 6. The van der Waals surface area contributed by atoms with Crippen LogP contribution in [0.2, 0.25) is 0 Å². The molecule has 6 heteroatoms. The summed E-state index contributed by atoms with van der Waals surface area (Å²) >= 11 is 0. The summed E-state index contributed by atoms with van der Waals surface area (Å²) in [6, 6.07) is 84.0. The number of aromatic nitrogens is 4. The molecule has 0 aliphatic carbocycles. The summed E-state index contributed by atoms with van der Waals surface area (Å²) in [4.78, 5) is 23.3. The van der Waals surface area contributed by atoms with E-state index in [4.69, 9.17) is 9.97 Å². The van der Waals surface area contributed by atoms with Crippen LogP contribution in [0.3, 0.4) is 0 Å². The van der Waals surface area contributed by atoms with Crippen molar-refractivity contribution < 1.29 is 0 Å². The molecule has 0 aliphatic rings. The van der Waals surface area contributed by atoms with Gasteiger partial charge in [0, 0.05) is 75.6 Å². The lowest BCUT2D eigenvalue weighted by Crippen LogP contribution is -2.16. The van der Waals surface area contributed by atoms with Crippen LogP contribution in [0.25, 0.3) is 77.6 Å². The van der Waals surface area contributed by atoms with Gasteiger partial charge in [-0.1, -0.05) is 115 Å². The fourth-order valence-corrected chi connectivity index (χ4v) is 9.44. The van der Waals surface area contributed by atoms with Gasteiger partial charge in [-0.2, -0.15) is 0 Å². The smallest absolute Gasteiger partial charge is 0.0702 e. The molecule has 0 N–H and O–H groups in total. The molecule has 0 bridgehead atoms. The van der Waals surface area contributed by atoms with Crippen molar-refractivity contribution in [1.82, 2.24) is 19.9 Å². The zero-order valence-corrected chi connectivity index (χ0v) is 38.1. The number of para-hydroxylation sites is 1. The molecule has 0 fully saturated rings. The fourth-order valence-electron chi connectivity index (χ4n) is 9.44. The van der Waals surface area contributed by atoms with E-state index < -0.39 is 0 Å². The van der Waals surface area contributed by atoms with E-state index in [9.17, 15) is 0 Å². The maximum atomic E-state index is 4.76. The van der Waals surface area contributed by atoms with Crippen molar-refractivity contribution in [2.24, 2.45) is 0 Å². The third-order valence-corrected chi connectivity index (χ3v) is 12.9. The second-order valence-electron chi connectivity index (χ2n) is 17.2. The van der Waals surface area contributed by atoms with Crippen LogP contribution in [0, 0.1) is 0 Å². The molecular formula is C64H44N6. The van der Waals surface area contributed by atoms with Gasteiger partial charge in [0.2, 0.25) is 0 Å². The molecule has 0 radical (unpaired) electrons. The zero-order chi connectivity index (χ0) is 46.6. The van der Waals surface area contributed by atoms with Crippen molar-refractivity contribution in [2.75, 3.05) is 9.80 Å². The van der Waals surface area contributed by atoms with E-state index in [-0.39, 0.29) is 0 Å². The molecule has 12 aromatic rings. The number of pyridine rings is 4. The second-order valence-corrected chi connectivity index (χ2v) is 17.2. The van der Waals surface area contributed by atoms with Gasteiger partial charge in [-0.3, -0.25) is 19.9 Å². The van der Waals surface area contributed by atoms with Crippen molar-refractivity contribution >= 4 is 55.9 Å². The van der Waals surface area contributed by atoms with Crippen LogP contribution in [0.4, 0.5) is 34.1 Å². The van der Waals surface area contributed by atoms with Crippen LogP contribution in [-0.4, -0.2) is 19.9 Å². The molecule has 0 atom stereocenters. The first-order chi connectivity index (χ1) is 34.7. The number of benzene rings is 8. The average molecular weight is 897 g/mol. The maximum absolute atomic E-state index is 4.76. The highest BCUT2D eigenvalue weighted by atomic mass is 15.2. The third-order valence-electron chi connectivity index (χ3n) is 12.9. The second kappa shape index (κ2) is 18.6. The molecule has 6 nitrogen and oxygen atoms in total. The summed E-state index contributed by atoms with van der Waals surface area (Å²) in [5, 5.41) is 2.16. The van der Waals surface area contributed by atoms with Crippen LogP contribution in [0.15, 0.2) is 268 Å². The van der Waals surface area contributed by atoms with E-state index in [0.29, 0.717) is 0 Å². The van der Waals surface area contributed by atoms with E-state index >= 15 is 0 Å². The lowest BCUT2D eigenvalue weighted by molar-refractivity contribution is 1.25. The van der Waals surface area contributed by atoms with Gasteiger partial charge in [-0.25, -0.2) is 0 Å². The molecule has 0 aliphatic heterocycles. The molecule has 330 valence electrons. The minimum absolute atomic E-state index is 0.919. The summed E-state index contributed by atoms with van der Waals surface area (Å²) < 4.78 is 0. The van der Waals surface area contributed by atoms with Gasteiger partial charge in [-0.05, 0) is 160 Å². The molecule has 4 aromatic heterocycles. The molecule has 0 unspecified atom stereocenters. The Bertz CT molecular complexity index is 3650. The summed E-state index contributed by atoms with van der Waals surface area (Å²) in [5.74, 6) is 0. The normalized spacial score (nSPS) is 11.1. The Labute approximate surface area is 407 Å². The third kappa shape index (κ3) is 8.31. The van der Waals surface area contributed by atoms with Gasteiger partial charge < -0.3 is 9.80 Å². The number of anilines is 6. The van der Waals surface area contributed by atoms with E-state index in [1.54, 1.807) is 0 Å². The molecule has 8 aromatic carbocycles. The molecule has 0 spiro atoms. The van der Waals surface area contributed by atoms with Crippen molar-refractivity contribution in [1.29, 1.82) is 0 Å². The van der Waals surface area contributed by atoms with Gasteiger partial charge in [-0.15, -0.1) is 0 Å². The van der Waals surface area contributed by atoms with E-state index in [1.165, 1.54) is 0 Å². The highest BCUT2D eigenvalue weighted by Crippen LogP contribution is 2.51. The monoisotopic (exact) mass is 896 g/mol. The summed E-state index contributed by atoms with van der Waals surface area (Å²) in [6.07, 6.45) is 9.27.